The van der Waals surface area contributed by atoms with Crippen molar-refractivity contribution in [2.45, 2.75) is 39.2 Å². The minimum Gasteiger partial charge on any atom is -0.486 e. The standard InChI is InChI=1S/C23H33NO4/c1-23(2)18-5-4-17(20(23)12-18)14-26-15-19(25)13-24-8-7-16-3-6-21-22(11-16)28-10-9-27-21/h3-4,6,11,18-20,24-25H,5,7-10,12-15H2,1-2H3/t18-,19-,20-/m1/s1. The highest BCUT2D eigenvalue weighted by atomic mass is 16.6. The fourth-order valence-corrected chi connectivity index (χ4v) is 4.76. The summed E-state index contributed by atoms with van der Waals surface area (Å²) in [5.41, 5.74) is 3.07. The Kier molecular flexibility index (Phi) is 5.95. The Morgan fingerprint density at radius 3 is 2.86 bits per heavy atom. The number of hydrogen-bond acceptors (Lipinski definition) is 5. The summed E-state index contributed by atoms with van der Waals surface area (Å²) in [5, 5.41) is 13.5. The van der Waals surface area contributed by atoms with E-state index in [4.69, 9.17) is 14.2 Å². The largest absolute Gasteiger partial charge is 0.486 e. The number of rotatable bonds is 9. The summed E-state index contributed by atoms with van der Waals surface area (Å²) in [7, 11) is 0. The molecule has 2 N–H and O–H groups in total. The second kappa shape index (κ2) is 8.44. The Labute approximate surface area is 168 Å². The van der Waals surface area contributed by atoms with Crippen LogP contribution in [-0.4, -0.2) is 50.7 Å². The average molecular weight is 388 g/mol. The highest BCUT2D eigenvalue weighted by Crippen LogP contribution is 2.59. The van der Waals surface area contributed by atoms with Crippen LogP contribution in [0, 0.1) is 17.3 Å². The molecule has 2 bridgehead atoms. The molecular formula is C23H33NO4. The van der Waals surface area contributed by atoms with Crippen molar-refractivity contribution < 1.29 is 19.3 Å². The summed E-state index contributed by atoms with van der Waals surface area (Å²) in [5.74, 6) is 3.18. The minimum atomic E-state index is -0.480. The second-order valence-corrected chi connectivity index (χ2v) is 8.92. The van der Waals surface area contributed by atoms with Gasteiger partial charge in [-0.2, -0.15) is 0 Å². The van der Waals surface area contributed by atoms with E-state index in [2.05, 4.69) is 31.3 Å². The van der Waals surface area contributed by atoms with E-state index in [-0.39, 0.29) is 0 Å². The Morgan fingerprint density at radius 2 is 2.07 bits per heavy atom. The maximum atomic E-state index is 10.2. The summed E-state index contributed by atoms with van der Waals surface area (Å²) in [4.78, 5) is 0. The number of aliphatic hydroxyl groups is 1. The molecule has 1 fully saturated rings. The smallest absolute Gasteiger partial charge is 0.161 e. The lowest BCUT2D eigenvalue weighted by Gasteiger charge is -2.56. The van der Waals surface area contributed by atoms with Crippen molar-refractivity contribution in [3.8, 4) is 11.5 Å². The maximum Gasteiger partial charge on any atom is 0.161 e. The van der Waals surface area contributed by atoms with Crippen molar-refractivity contribution in [3.05, 3.63) is 35.4 Å². The summed E-state index contributed by atoms with van der Waals surface area (Å²) in [6.45, 7) is 8.36. The van der Waals surface area contributed by atoms with Crippen LogP contribution in [0.5, 0.6) is 11.5 Å². The summed E-state index contributed by atoms with van der Waals surface area (Å²) in [6, 6.07) is 6.08. The number of allylic oxidation sites excluding steroid dienone is 1. The third-order valence-electron chi connectivity index (χ3n) is 6.74. The normalized spacial score (nSPS) is 25.6. The van der Waals surface area contributed by atoms with Gasteiger partial charge in [0.1, 0.15) is 13.2 Å². The zero-order valence-electron chi connectivity index (χ0n) is 17.1. The van der Waals surface area contributed by atoms with E-state index >= 15 is 0 Å². The molecule has 1 saturated carbocycles. The first kappa shape index (κ1) is 19.7. The van der Waals surface area contributed by atoms with E-state index in [0.717, 1.165) is 30.4 Å². The van der Waals surface area contributed by atoms with Crippen LogP contribution in [0.3, 0.4) is 0 Å². The molecule has 0 saturated heterocycles. The van der Waals surface area contributed by atoms with Gasteiger partial charge < -0.3 is 24.6 Å². The Hall–Kier alpha value is -1.56. The predicted molar refractivity (Wildman–Crippen MR) is 109 cm³/mol. The lowest BCUT2D eigenvalue weighted by Crippen LogP contribution is -2.48. The Bertz CT molecular complexity index is 715. The van der Waals surface area contributed by atoms with Crippen LogP contribution in [0.2, 0.25) is 0 Å². The van der Waals surface area contributed by atoms with Crippen LogP contribution in [0.4, 0.5) is 0 Å². The van der Waals surface area contributed by atoms with E-state index in [0.29, 0.717) is 44.3 Å². The van der Waals surface area contributed by atoms with Crippen molar-refractivity contribution >= 4 is 0 Å². The van der Waals surface area contributed by atoms with Crippen molar-refractivity contribution in [1.29, 1.82) is 0 Å². The van der Waals surface area contributed by atoms with Gasteiger partial charge >= 0.3 is 0 Å². The number of nitrogens with one attached hydrogen (secondary N) is 1. The van der Waals surface area contributed by atoms with Gasteiger partial charge in [0, 0.05) is 6.54 Å². The molecule has 154 valence electrons. The molecule has 5 rings (SSSR count). The lowest BCUT2D eigenvalue weighted by molar-refractivity contribution is -0.0235. The van der Waals surface area contributed by atoms with Gasteiger partial charge in [0.05, 0.1) is 19.3 Å². The van der Waals surface area contributed by atoms with Crippen LogP contribution in [-0.2, 0) is 11.2 Å². The quantitative estimate of drug-likeness (QED) is 0.504. The number of fused-ring (bicyclic) bond motifs is 2. The van der Waals surface area contributed by atoms with Gasteiger partial charge in [0.2, 0.25) is 0 Å². The lowest BCUT2D eigenvalue weighted by atomic mass is 9.49. The predicted octanol–water partition coefficient (Wildman–Crippen LogP) is 2.96. The fourth-order valence-electron chi connectivity index (χ4n) is 4.76. The zero-order valence-corrected chi connectivity index (χ0v) is 17.1. The van der Waals surface area contributed by atoms with Crippen molar-refractivity contribution in [1.82, 2.24) is 5.32 Å². The molecule has 5 nitrogen and oxygen atoms in total. The monoisotopic (exact) mass is 387 g/mol. The third-order valence-corrected chi connectivity index (χ3v) is 6.74. The van der Waals surface area contributed by atoms with Crippen LogP contribution >= 0.6 is 0 Å². The number of hydrogen-bond donors (Lipinski definition) is 2. The van der Waals surface area contributed by atoms with Gasteiger partial charge in [0.25, 0.3) is 0 Å². The van der Waals surface area contributed by atoms with Crippen LogP contribution < -0.4 is 14.8 Å². The van der Waals surface area contributed by atoms with Gasteiger partial charge in [0.15, 0.2) is 11.5 Å². The highest BCUT2D eigenvalue weighted by Gasteiger charge is 2.50. The Morgan fingerprint density at radius 1 is 1.25 bits per heavy atom. The summed E-state index contributed by atoms with van der Waals surface area (Å²) in [6.07, 6.45) is 5.27. The van der Waals surface area contributed by atoms with Crippen LogP contribution in [0.15, 0.2) is 29.8 Å². The molecule has 1 aliphatic heterocycles. The van der Waals surface area contributed by atoms with Crippen molar-refractivity contribution in [2.75, 3.05) is 39.5 Å². The van der Waals surface area contributed by atoms with E-state index in [1.165, 1.54) is 24.0 Å². The van der Waals surface area contributed by atoms with Gasteiger partial charge in [-0.1, -0.05) is 26.0 Å². The van der Waals surface area contributed by atoms with E-state index in [1.807, 2.05) is 12.1 Å². The second-order valence-electron chi connectivity index (χ2n) is 8.92. The number of aliphatic hydroxyl groups excluding tert-OH is 1. The first-order chi connectivity index (χ1) is 13.5. The van der Waals surface area contributed by atoms with E-state index in [1.54, 1.807) is 0 Å². The van der Waals surface area contributed by atoms with Gasteiger partial charge in [-0.25, -0.2) is 0 Å². The van der Waals surface area contributed by atoms with Crippen LogP contribution in [0.25, 0.3) is 0 Å². The summed E-state index contributed by atoms with van der Waals surface area (Å²) < 4.78 is 17.0. The highest BCUT2D eigenvalue weighted by molar-refractivity contribution is 5.43. The van der Waals surface area contributed by atoms with Gasteiger partial charge in [-0.15, -0.1) is 0 Å². The molecule has 28 heavy (non-hydrogen) atoms. The molecule has 0 amide bonds. The van der Waals surface area contributed by atoms with Gasteiger partial charge in [-0.3, -0.25) is 0 Å². The molecule has 1 aromatic rings. The molecule has 0 spiro atoms. The van der Waals surface area contributed by atoms with Crippen molar-refractivity contribution in [3.63, 3.8) is 0 Å². The van der Waals surface area contributed by atoms with E-state index < -0.39 is 6.10 Å². The minimum absolute atomic E-state index is 0.380. The van der Waals surface area contributed by atoms with Gasteiger partial charge in [-0.05, 0) is 66.3 Å². The zero-order chi connectivity index (χ0) is 19.6. The molecule has 3 aliphatic carbocycles. The van der Waals surface area contributed by atoms with E-state index in [9.17, 15) is 5.11 Å². The molecule has 4 aliphatic rings. The average Bonchev–Trinajstić information content (AvgIpc) is 2.71. The third kappa shape index (κ3) is 4.22. The Balaban J connectivity index is 1.11. The summed E-state index contributed by atoms with van der Waals surface area (Å²) >= 11 is 0. The number of ether oxygens (including phenoxy) is 3. The molecule has 0 radical (unpaired) electrons. The molecule has 5 heteroatoms. The first-order valence-electron chi connectivity index (χ1n) is 10.6. The fraction of sp³-hybridized carbons (Fsp3) is 0.652. The molecular weight excluding hydrogens is 354 g/mol. The molecule has 0 unspecified atom stereocenters. The maximum absolute atomic E-state index is 10.2. The molecule has 0 aromatic heterocycles. The SMILES string of the molecule is CC1(C)[C@@H]2CC=C(COC[C@H](O)CNCCc3ccc4c(c3)OCCO4)[C@H]1C2. The topological polar surface area (TPSA) is 60.0 Å². The molecule has 1 aromatic carbocycles. The van der Waals surface area contributed by atoms with Crippen molar-refractivity contribution in [2.24, 2.45) is 17.3 Å². The molecule has 1 heterocycles. The number of benzene rings is 1. The first-order valence-corrected chi connectivity index (χ1v) is 10.6. The molecule has 3 atom stereocenters. The van der Waals surface area contributed by atoms with Crippen LogP contribution in [0.1, 0.15) is 32.3 Å².